The smallest absolute Gasteiger partial charge is 0.419 e. The van der Waals surface area contributed by atoms with Gasteiger partial charge in [-0.25, -0.2) is 19.6 Å². The number of phenols is 1. The number of anilines is 1. The number of imidazole rings is 1. The summed E-state index contributed by atoms with van der Waals surface area (Å²) in [4.78, 5) is 27.1. The zero-order valence-corrected chi connectivity index (χ0v) is 23.7. The zero-order chi connectivity index (χ0) is 31.5. The molecular weight excluding hydrogens is 585 g/mol. The van der Waals surface area contributed by atoms with Crippen molar-refractivity contribution in [3.8, 4) is 28.6 Å². The molecule has 0 bridgehead atoms. The van der Waals surface area contributed by atoms with E-state index in [-0.39, 0.29) is 11.1 Å². The van der Waals surface area contributed by atoms with Gasteiger partial charge in [-0.3, -0.25) is 9.36 Å². The SMILES string of the molecule is Cc1cc(C(=O)NC2CCc3cc(-n4c(-c5cccnc5N)nc5ccc(-n6cccn6)nc54)ccc32)cc(C(F)(F)F)c1O. The second-order valence-electron chi connectivity index (χ2n) is 10.8. The Bertz CT molecular complexity index is 2100. The van der Waals surface area contributed by atoms with Crippen molar-refractivity contribution in [3.05, 3.63) is 107 Å². The number of amides is 1. The van der Waals surface area contributed by atoms with E-state index in [1.165, 1.54) is 13.0 Å². The van der Waals surface area contributed by atoms with Crippen LogP contribution in [0.2, 0.25) is 0 Å². The third kappa shape index (κ3) is 4.91. The van der Waals surface area contributed by atoms with Crippen LogP contribution in [0.3, 0.4) is 0 Å². The highest BCUT2D eigenvalue weighted by Gasteiger charge is 2.36. The standard InChI is InChI=1S/C32H25F3N8O2/c1-17-14-19(16-23(27(17)44)32(33,34)35)31(45)40-24-8-5-18-15-20(6-7-21(18)24)43-29(22-4-2-11-37-28(22)36)39-25-9-10-26(41-30(25)43)42-13-3-12-38-42/h2-4,6-7,9-16,24,44H,5,8H2,1H3,(H2,36,37)(H,40,45). The van der Waals surface area contributed by atoms with Crippen LogP contribution in [0.4, 0.5) is 19.0 Å². The van der Waals surface area contributed by atoms with E-state index in [9.17, 15) is 23.1 Å². The van der Waals surface area contributed by atoms with Crippen molar-refractivity contribution in [1.29, 1.82) is 0 Å². The summed E-state index contributed by atoms with van der Waals surface area (Å²) in [5.74, 6) is -0.0872. The minimum atomic E-state index is -4.80. The number of aromatic nitrogens is 6. The molecule has 0 radical (unpaired) electrons. The number of rotatable bonds is 5. The van der Waals surface area contributed by atoms with Gasteiger partial charge in [0.1, 0.15) is 17.1 Å². The lowest BCUT2D eigenvalue weighted by Crippen LogP contribution is -2.27. The first-order chi connectivity index (χ1) is 21.6. The summed E-state index contributed by atoms with van der Waals surface area (Å²) < 4.78 is 43.9. The van der Waals surface area contributed by atoms with Gasteiger partial charge in [-0.1, -0.05) is 6.07 Å². The number of nitrogens with one attached hydrogen (secondary N) is 1. The van der Waals surface area contributed by atoms with E-state index < -0.39 is 29.4 Å². The van der Waals surface area contributed by atoms with E-state index in [1.54, 1.807) is 35.4 Å². The number of halogens is 3. The molecule has 4 aromatic heterocycles. The molecule has 1 amide bonds. The average Bonchev–Trinajstić information content (AvgIpc) is 3.77. The molecule has 13 heteroatoms. The number of nitrogens with two attached hydrogens (primary N) is 1. The first-order valence-electron chi connectivity index (χ1n) is 14.0. The minimum absolute atomic E-state index is 0.0339. The van der Waals surface area contributed by atoms with Crippen LogP contribution in [-0.4, -0.2) is 40.3 Å². The van der Waals surface area contributed by atoms with Crippen molar-refractivity contribution < 1.29 is 23.1 Å². The Hall–Kier alpha value is -5.72. The Morgan fingerprint density at radius 2 is 1.91 bits per heavy atom. The zero-order valence-electron chi connectivity index (χ0n) is 23.7. The van der Waals surface area contributed by atoms with Crippen molar-refractivity contribution in [1.82, 2.24) is 34.6 Å². The Morgan fingerprint density at radius 1 is 1.07 bits per heavy atom. The van der Waals surface area contributed by atoms with Crippen LogP contribution in [0.1, 0.15) is 45.1 Å². The number of hydrogen-bond donors (Lipinski definition) is 3. The predicted octanol–water partition coefficient (Wildman–Crippen LogP) is 5.70. The Balaban J connectivity index is 1.27. The highest BCUT2D eigenvalue weighted by molar-refractivity contribution is 5.95. The molecule has 1 unspecified atom stereocenters. The minimum Gasteiger partial charge on any atom is -0.507 e. The molecule has 4 heterocycles. The topological polar surface area (TPSA) is 137 Å². The third-order valence-corrected chi connectivity index (χ3v) is 7.94. The van der Waals surface area contributed by atoms with Crippen LogP contribution in [0, 0.1) is 6.92 Å². The monoisotopic (exact) mass is 610 g/mol. The highest BCUT2D eigenvalue weighted by Crippen LogP contribution is 2.39. The fourth-order valence-corrected chi connectivity index (χ4v) is 5.77. The quantitative estimate of drug-likeness (QED) is 0.228. The van der Waals surface area contributed by atoms with Crippen LogP contribution in [0.5, 0.6) is 5.75 Å². The van der Waals surface area contributed by atoms with Crippen LogP contribution in [0.15, 0.2) is 79.3 Å². The number of benzene rings is 2. The molecule has 0 spiro atoms. The summed E-state index contributed by atoms with van der Waals surface area (Å²) in [6, 6.07) is 16.4. The van der Waals surface area contributed by atoms with Crippen molar-refractivity contribution in [3.63, 3.8) is 0 Å². The second kappa shape index (κ2) is 10.5. The predicted molar refractivity (Wildman–Crippen MR) is 160 cm³/mol. The van der Waals surface area contributed by atoms with Crippen LogP contribution in [0.25, 0.3) is 34.1 Å². The molecule has 0 fully saturated rings. The molecule has 226 valence electrons. The van der Waals surface area contributed by atoms with Gasteiger partial charge in [0.2, 0.25) is 0 Å². The van der Waals surface area contributed by atoms with Crippen LogP contribution in [-0.2, 0) is 12.6 Å². The van der Waals surface area contributed by atoms with Gasteiger partial charge in [0.05, 0.1) is 17.2 Å². The fraction of sp³-hybridized carbons (Fsp3) is 0.156. The number of carbonyl (C=O) groups excluding carboxylic acids is 1. The van der Waals surface area contributed by atoms with E-state index in [4.69, 9.17) is 15.7 Å². The normalized spacial score (nSPS) is 14.5. The summed E-state index contributed by atoms with van der Waals surface area (Å²) in [5.41, 5.74) is 9.23. The third-order valence-electron chi connectivity index (χ3n) is 7.94. The lowest BCUT2D eigenvalue weighted by molar-refractivity contribution is -0.138. The van der Waals surface area contributed by atoms with Gasteiger partial charge >= 0.3 is 6.18 Å². The molecule has 0 saturated carbocycles. The number of aromatic hydroxyl groups is 1. The molecule has 2 aromatic carbocycles. The van der Waals surface area contributed by atoms with Gasteiger partial charge in [0, 0.05) is 29.8 Å². The summed E-state index contributed by atoms with van der Waals surface area (Å²) in [6.45, 7) is 1.33. The summed E-state index contributed by atoms with van der Waals surface area (Å²) in [5, 5.41) is 17.1. The van der Waals surface area contributed by atoms with Crippen molar-refractivity contribution in [2.45, 2.75) is 32.0 Å². The molecule has 0 aliphatic heterocycles. The number of pyridine rings is 2. The first-order valence-corrected chi connectivity index (χ1v) is 14.0. The van der Waals surface area contributed by atoms with E-state index >= 15 is 0 Å². The number of phenolic OH excluding ortho intramolecular Hbond substituents is 1. The molecule has 6 aromatic rings. The van der Waals surface area contributed by atoms with E-state index in [1.807, 2.05) is 41.0 Å². The van der Waals surface area contributed by atoms with Gasteiger partial charge in [-0.2, -0.15) is 18.3 Å². The maximum Gasteiger partial charge on any atom is 0.419 e. The number of fused-ring (bicyclic) bond motifs is 2. The molecule has 4 N–H and O–H groups in total. The van der Waals surface area contributed by atoms with E-state index in [0.29, 0.717) is 53.1 Å². The highest BCUT2D eigenvalue weighted by atomic mass is 19.4. The lowest BCUT2D eigenvalue weighted by atomic mass is 10.0. The lowest BCUT2D eigenvalue weighted by Gasteiger charge is -2.17. The average molecular weight is 611 g/mol. The molecule has 45 heavy (non-hydrogen) atoms. The molecule has 1 atom stereocenters. The van der Waals surface area contributed by atoms with Gasteiger partial charge in [0.25, 0.3) is 5.91 Å². The van der Waals surface area contributed by atoms with E-state index in [0.717, 1.165) is 16.8 Å². The number of aryl methyl sites for hydroxylation is 2. The number of carbonyl (C=O) groups is 1. The maximum absolute atomic E-state index is 13.5. The van der Waals surface area contributed by atoms with Crippen molar-refractivity contribution in [2.24, 2.45) is 0 Å². The molecule has 7 rings (SSSR count). The summed E-state index contributed by atoms with van der Waals surface area (Å²) in [7, 11) is 0. The summed E-state index contributed by atoms with van der Waals surface area (Å²) in [6.07, 6.45) is 1.45. The van der Waals surface area contributed by atoms with Gasteiger partial charge in [-0.05, 0) is 91.1 Å². The molecule has 0 saturated heterocycles. The Labute approximate surface area is 254 Å². The van der Waals surface area contributed by atoms with Gasteiger partial charge < -0.3 is 16.2 Å². The van der Waals surface area contributed by atoms with Crippen LogP contribution >= 0.6 is 0 Å². The number of hydrogen-bond acceptors (Lipinski definition) is 7. The second-order valence-corrected chi connectivity index (χ2v) is 10.8. The Morgan fingerprint density at radius 3 is 2.67 bits per heavy atom. The molecule has 10 nitrogen and oxygen atoms in total. The maximum atomic E-state index is 13.5. The molecular formula is C32H25F3N8O2. The molecule has 1 aliphatic rings. The van der Waals surface area contributed by atoms with Gasteiger partial charge in [0.15, 0.2) is 17.3 Å². The van der Waals surface area contributed by atoms with E-state index in [2.05, 4.69) is 15.4 Å². The van der Waals surface area contributed by atoms with Crippen molar-refractivity contribution in [2.75, 3.05) is 5.73 Å². The molecule has 1 aliphatic carbocycles. The Kier molecular flexibility index (Phi) is 6.53. The largest absolute Gasteiger partial charge is 0.507 e. The number of alkyl halides is 3. The number of nitrogen functional groups attached to an aromatic ring is 1. The summed E-state index contributed by atoms with van der Waals surface area (Å²) >= 11 is 0. The van der Waals surface area contributed by atoms with Crippen molar-refractivity contribution >= 4 is 22.9 Å². The van der Waals surface area contributed by atoms with Gasteiger partial charge in [-0.15, -0.1) is 0 Å². The number of nitrogens with zero attached hydrogens (tertiary/aromatic N) is 6. The van der Waals surface area contributed by atoms with Crippen LogP contribution < -0.4 is 11.1 Å². The first kappa shape index (κ1) is 28.1. The fourth-order valence-electron chi connectivity index (χ4n) is 5.77.